The Morgan fingerprint density at radius 2 is 1.69 bits per heavy atom. The maximum atomic E-state index is 9.51. The molecule has 1 aliphatic carbocycles. The summed E-state index contributed by atoms with van der Waals surface area (Å²) < 4.78 is 0. The zero-order valence-corrected chi connectivity index (χ0v) is 11.0. The third-order valence-electron chi connectivity index (χ3n) is 3.29. The van der Waals surface area contributed by atoms with E-state index in [1.165, 1.54) is 19.3 Å². The van der Waals surface area contributed by atoms with Crippen LogP contribution in [0.15, 0.2) is 0 Å². The summed E-state index contributed by atoms with van der Waals surface area (Å²) in [4.78, 5) is 0. The molecule has 16 heavy (non-hydrogen) atoms. The Morgan fingerprint density at radius 1 is 1.12 bits per heavy atom. The average Bonchev–Trinajstić information content (AvgIpc) is 2.45. The van der Waals surface area contributed by atoms with Crippen molar-refractivity contribution >= 4 is 0 Å². The van der Waals surface area contributed by atoms with Gasteiger partial charge in [-0.2, -0.15) is 0 Å². The highest BCUT2D eigenvalue weighted by atomic mass is 16.3. The third kappa shape index (κ3) is 8.08. The molecule has 0 aliphatic heterocycles. The summed E-state index contributed by atoms with van der Waals surface area (Å²) in [5.41, 5.74) is 10.1. The summed E-state index contributed by atoms with van der Waals surface area (Å²) in [5, 5.41) is 9.51. The van der Waals surface area contributed by atoms with Gasteiger partial charge < -0.3 is 16.6 Å². The van der Waals surface area contributed by atoms with Gasteiger partial charge in [0.25, 0.3) is 0 Å². The predicted molar refractivity (Wildman–Crippen MR) is 70.1 cm³/mol. The van der Waals surface area contributed by atoms with E-state index in [4.69, 9.17) is 11.5 Å². The van der Waals surface area contributed by atoms with Crippen LogP contribution in [0.3, 0.4) is 0 Å². The van der Waals surface area contributed by atoms with Crippen LogP contribution in [0.25, 0.3) is 0 Å². The zero-order chi connectivity index (χ0) is 12.4. The third-order valence-corrected chi connectivity index (χ3v) is 3.29. The van der Waals surface area contributed by atoms with E-state index in [2.05, 4.69) is 13.8 Å². The normalized spacial score (nSPS) is 25.9. The highest BCUT2D eigenvalue weighted by Gasteiger charge is 2.20. The van der Waals surface area contributed by atoms with Gasteiger partial charge in [0.05, 0.1) is 6.10 Å². The van der Waals surface area contributed by atoms with Gasteiger partial charge in [0.15, 0.2) is 0 Å². The Kier molecular flexibility index (Phi) is 9.99. The van der Waals surface area contributed by atoms with Crippen LogP contribution in [0, 0.1) is 11.8 Å². The summed E-state index contributed by atoms with van der Waals surface area (Å²) in [6.45, 7) is 5.97. The van der Waals surface area contributed by atoms with Crippen LogP contribution >= 0.6 is 0 Å². The molecule has 0 aromatic carbocycles. The number of aliphatic hydroxyl groups is 1. The smallest absolute Gasteiger partial charge is 0.0543 e. The number of hydrogen-bond donors (Lipinski definition) is 3. The minimum absolute atomic E-state index is 0.00935. The van der Waals surface area contributed by atoms with Gasteiger partial charge in [0, 0.05) is 0 Å². The van der Waals surface area contributed by atoms with Crippen molar-refractivity contribution in [2.24, 2.45) is 23.3 Å². The van der Waals surface area contributed by atoms with Gasteiger partial charge in [-0.3, -0.25) is 0 Å². The Labute approximate surface area is 101 Å². The quantitative estimate of drug-likeness (QED) is 0.648. The highest BCUT2D eigenvalue weighted by Crippen LogP contribution is 2.28. The molecule has 3 nitrogen and oxygen atoms in total. The van der Waals surface area contributed by atoms with E-state index in [0.29, 0.717) is 0 Å². The second-order valence-electron chi connectivity index (χ2n) is 5.11. The lowest BCUT2D eigenvalue weighted by atomic mass is 9.88. The van der Waals surface area contributed by atoms with E-state index in [-0.39, 0.29) is 6.10 Å². The molecule has 98 valence electrons. The van der Waals surface area contributed by atoms with E-state index in [0.717, 1.165) is 44.2 Å². The fourth-order valence-corrected chi connectivity index (χ4v) is 2.10. The molecule has 0 spiro atoms. The van der Waals surface area contributed by atoms with Crippen LogP contribution in [0.5, 0.6) is 0 Å². The Morgan fingerprint density at radius 3 is 2.12 bits per heavy atom. The van der Waals surface area contributed by atoms with Crippen molar-refractivity contribution in [1.82, 2.24) is 0 Å². The molecule has 1 fully saturated rings. The Balaban J connectivity index is 0.000000385. The molecule has 1 saturated carbocycles. The summed E-state index contributed by atoms with van der Waals surface area (Å²) >= 11 is 0. The van der Waals surface area contributed by atoms with Gasteiger partial charge in [0.2, 0.25) is 0 Å². The summed E-state index contributed by atoms with van der Waals surface area (Å²) in [5.74, 6) is 1.52. The van der Waals surface area contributed by atoms with Gasteiger partial charge in [-0.25, -0.2) is 0 Å². The fraction of sp³-hybridized carbons (Fsp3) is 1.00. The zero-order valence-electron chi connectivity index (χ0n) is 11.0. The van der Waals surface area contributed by atoms with Crippen molar-refractivity contribution < 1.29 is 5.11 Å². The molecular formula is C13H30N2O. The van der Waals surface area contributed by atoms with Crippen LogP contribution in [0.2, 0.25) is 0 Å². The van der Waals surface area contributed by atoms with E-state index in [1.54, 1.807) is 0 Å². The molecule has 0 heterocycles. The molecule has 0 aromatic heterocycles. The van der Waals surface area contributed by atoms with Crippen molar-refractivity contribution in [2.45, 2.75) is 58.5 Å². The van der Waals surface area contributed by atoms with Crippen LogP contribution < -0.4 is 11.5 Å². The first-order valence-corrected chi connectivity index (χ1v) is 6.70. The largest absolute Gasteiger partial charge is 0.393 e. The standard InChI is InChI=1S/C10H20O.C3H10N2/c1-8(2)9-5-3-4-6-10(11)7-9;4-2-1-3-5/h8-11H,3-7H2,1-2H3;1-5H2. The average molecular weight is 230 g/mol. The van der Waals surface area contributed by atoms with Crippen molar-refractivity contribution in [3.63, 3.8) is 0 Å². The molecule has 0 radical (unpaired) electrons. The van der Waals surface area contributed by atoms with Gasteiger partial charge in [0.1, 0.15) is 0 Å². The Hall–Kier alpha value is -0.120. The van der Waals surface area contributed by atoms with Crippen molar-refractivity contribution in [1.29, 1.82) is 0 Å². The minimum Gasteiger partial charge on any atom is -0.393 e. The first-order valence-electron chi connectivity index (χ1n) is 6.70. The lowest BCUT2D eigenvalue weighted by Gasteiger charge is -2.19. The van der Waals surface area contributed by atoms with E-state index in [1.807, 2.05) is 0 Å². The molecule has 0 saturated heterocycles. The number of rotatable bonds is 3. The molecule has 2 atom stereocenters. The maximum absolute atomic E-state index is 9.51. The molecule has 0 aromatic rings. The summed E-state index contributed by atoms with van der Waals surface area (Å²) in [7, 11) is 0. The summed E-state index contributed by atoms with van der Waals surface area (Å²) in [6, 6.07) is 0. The molecular weight excluding hydrogens is 200 g/mol. The second kappa shape index (κ2) is 10.1. The molecule has 5 N–H and O–H groups in total. The van der Waals surface area contributed by atoms with E-state index < -0.39 is 0 Å². The van der Waals surface area contributed by atoms with Crippen molar-refractivity contribution in [3.05, 3.63) is 0 Å². The van der Waals surface area contributed by atoms with Gasteiger partial charge in [-0.05, 0) is 44.2 Å². The fourth-order valence-electron chi connectivity index (χ4n) is 2.10. The van der Waals surface area contributed by atoms with Crippen LogP contribution in [0.1, 0.15) is 52.4 Å². The molecule has 0 bridgehead atoms. The maximum Gasteiger partial charge on any atom is 0.0543 e. The Bertz CT molecular complexity index is 149. The molecule has 2 unspecified atom stereocenters. The van der Waals surface area contributed by atoms with Crippen LogP contribution in [-0.4, -0.2) is 24.3 Å². The van der Waals surface area contributed by atoms with E-state index >= 15 is 0 Å². The summed E-state index contributed by atoms with van der Waals surface area (Å²) in [6.07, 6.45) is 6.88. The van der Waals surface area contributed by atoms with Crippen LogP contribution in [0.4, 0.5) is 0 Å². The van der Waals surface area contributed by atoms with Gasteiger partial charge >= 0.3 is 0 Å². The molecule has 0 amide bonds. The highest BCUT2D eigenvalue weighted by molar-refractivity contribution is 4.72. The molecule has 1 rings (SSSR count). The van der Waals surface area contributed by atoms with Crippen molar-refractivity contribution in [2.75, 3.05) is 13.1 Å². The number of nitrogens with two attached hydrogens (primary N) is 2. The topological polar surface area (TPSA) is 72.3 Å². The number of aliphatic hydroxyl groups excluding tert-OH is 1. The lowest BCUT2D eigenvalue weighted by Crippen LogP contribution is -2.14. The monoisotopic (exact) mass is 230 g/mol. The predicted octanol–water partition coefficient (Wildman–Crippen LogP) is 1.88. The first kappa shape index (κ1) is 15.9. The molecule has 1 aliphatic rings. The van der Waals surface area contributed by atoms with E-state index in [9.17, 15) is 5.11 Å². The minimum atomic E-state index is -0.00935. The van der Waals surface area contributed by atoms with Crippen LogP contribution in [-0.2, 0) is 0 Å². The van der Waals surface area contributed by atoms with Gasteiger partial charge in [-0.1, -0.05) is 33.1 Å². The molecule has 3 heteroatoms. The van der Waals surface area contributed by atoms with Crippen molar-refractivity contribution in [3.8, 4) is 0 Å². The second-order valence-corrected chi connectivity index (χ2v) is 5.11. The van der Waals surface area contributed by atoms with Gasteiger partial charge in [-0.15, -0.1) is 0 Å². The first-order chi connectivity index (χ1) is 7.61. The number of hydrogen-bond acceptors (Lipinski definition) is 3. The lowest BCUT2D eigenvalue weighted by molar-refractivity contribution is 0.130. The SMILES string of the molecule is CC(C)C1CCCCC(O)C1.NCCCN.